The summed E-state index contributed by atoms with van der Waals surface area (Å²) in [5, 5.41) is 8.84. The number of ether oxygens (including phenoxy) is 1. The van der Waals surface area contributed by atoms with Crippen molar-refractivity contribution in [3.8, 4) is 5.75 Å². The van der Waals surface area contributed by atoms with Crippen LogP contribution in [-0.4, -0.2) is 17.2 Å². The first-order chi connectivity index (χ1) is 6.58. The second-order valence-corrected chi connectivity index (χ2v) is 4.24. The molecule has 2 rings (SSSR count). The highest BCUT2D eigenvalue weighted by atomic mass is 79.9. The Hall–Kier alpha value is -1.03. The van der Waals surface area contributed by atoms with Gasteiger partial charge in [0.05, 0.1) is 10.0 Å². The SMILES string of the molecule is C[C@@H]1Cc2cc(C(=O)O)cc(Br)c2O1. The minimum absolute atomic E-state index is 0.130. The van der Waals surface area contributed by atoms with E-state index in [0.717, 1.165) is 22.2 Å². The van der Waals surface area contributed by atoms with Crippen LogP contribution in [0, 0.1) is 0 Å². The lowest BCUT2D eigenvalue weighted by Gasteiger charge is -2.05. The maximum absolute atomic E-state index is 10.8. The van der Waals surface area contributed by atoms with E-state index in [1.54, 1.807) is 12.1 Å². The Kier molecular flexibility index (Phi) is 2.23. The number of hydrogen-bond donors (Lipinski definition) is 1. The molecule has 74 valence electrons. The molecule has 1 aliphatic rings. The lowest BCUT2D eigenvalue weighted by atomic mass is 10.1. The molecular formula is C10H9BrO3. The van der Waals surface area contributed by atoms with Crippen LogP contribution in [0.2, 0.25) is 0 Å². The molecule has 1 heterocycles. The van der Waals surface area contributed by atoms with E-state index in [9.17, 15) is 4.79 Å². The molecule has 0 aromatic heterocycles. The highest BCUT2D eigenvalue weighted by Gasteiger charge is 2.23. The molecule has 0 unspecified atom stereocenters. The summed E-state index contributed by atoms with van der Waals surface area (Å²) in [6.45, 7) is 1.97. The molecule has 0 bridgehead atoms. The molecule has 0 saturated heterocycles. The minimum atomic E-state index is -0.909. The second kappa shape index (κ2) is 3.28. The van der Waals surface area contributed by atoms with Crippen molar-refractivity contribution >= 4 is 21.9 Å². The summed E-state index contributed by atoms with van der Waals surface area (Å²) in [4.78, 5) is 10.8. The van der Waals surface area contributed by atoms with Crippen LogP contribution >= 0.6 is 15.9 Å². The first-order valence-electron chi connectivity index (χ1n) is 4.30. The third kappa shape index (κ3) is 1.50. The summed E-state index contributed by atoms with van der Waals surface area (Å²) in [6, 6.07) is 3.24. The zero-order chi connectivity index (χ0) is 10.3. The summed E-state index contributed by atoms with van der Waals surface area (Å²) in [5.74, 6) is -0.129. The Bertz CT molecular complexity index is 401. The minimum Gasteiger partial charge on any atom is -0.489 e. The number of carboxylic acid groups (broad SMARTS) is 1. The van der Waals surface area contributed by atoms with Crippen LogP contribution in [-0.2, 0) is 6.42 Å². The summed E-state index contributed by atoms with van der Waals surface area (Å²) in [7, 11) is 0. The summed E-state index contributed by atoms with van der Waals surface area (Å²) >= 11 is 3.31. The van der Waals surface area contributed by atoms with E-state index in [1.165, 1.54) is 0 Å². The monoisotopic (exact) mass is 256 g/mol. The smallest absolute Gasteiger partial charge is 0.335 e. The van der Waals surface area contributed by atoms with Crippen molar-refractivity contribution in [1.29, 1.82) is 0 Å². The van der Waals surface area contributed by atoms with Gasteiger partial charge in [0.15, 0.2) is 0 Å². The first-order valence-corrected chi connectivity index (χ1v) is 5.09. The van der Waals surface area contributed by atoms with Crippen LogP contribution < -0.4 is 4.74 Å². The summed E-state index contributed by atoms with van der Waals surface area (Å²) in [6.07, 6.45) is 0.903. The zero-order valence-corrected chi connectivity index (χ0v) is 9.17. The third-order valence-corrected chi connectivity index (χ3v) is 2.78. The van der Waals surface area contributed by atoms with Crippen LogP contribution in [0.4, 0.5) is 0 Å². The number of benzene rings is 1. The average molecular weight is 257 g/mol. The largest absolute Gasteiger partial charge is 0.489 e. The van der Waals surface area contributed by atoms with Crippen molar-refractivity contribution < 1.29 is 14.6 Å². The normalized spacial score (nSPS) is 18.9. The number of rotatable bonds is 1. The van der Waals surface area contributed by atoms with Crippen LogP contribution in [0.25, 0.3) is 0 Å². The Morgan fingerprint density at radius 2 is 2.36 bits per heavy atom. The van der Waals surface area contributed by atoms with E-state index in [0.29, 0.717) is 5.56 Å². The number of hydrogen-bond acceptors (Lipinski definition) is 2. The van der Waals surface area contributed by atoms with Gasteiger partial charge in [-0.15, -0.1) is 0 Å². The van der Waals surface area contributed by atoms with Crippen LogP contribution in [0.15, 0.2) is 16.6 Å². The molecule has 4 heteroatoms. The number of fused-ring (bicyclic) bond motifs is 1. The summed E-state index contributed by atoms with van der Waals surface area (Å²) < 4.78 is 6.25. The number of carboxylic acids is 1. The van der Waals surface area contributed by atoms with Crippen LogP contribution in [0.3, 0.4) is 0 Å². The van der Waals surface area contributed by atoms with E-state index in [2.05, 4.69) is 15.9 Å². The Balaban J connectivity index is 2.51. The number of halogens is 1. The van der Waals surface area contributed by atoms with E-state index in [1.807, 2.05) is 6.92 Å². The van der Waals surface area contributed by atoms with Crippen molar-refractivity contribution in [2.45, 2.75) is 19.4 Å². The Morgan fingerprint density at radius 3 is 3.00 bits per heavy atom. The van der Waals surface area contributed by atoms with Gasteiger partial charge < -0.3 is 9.84 Å². The van der Waals surface area contributed by atoms with Gasteiger partial charge in [-0.05, 0) is 40.5 Å². The van der Waals surface area contributed by atoms with Crippen molar-refractivity contribution in [2.24, 2.45) is 0 Å². The number of aromatic carboxylic acids is 1. The lowest BCUT2D eigenvalue weighted by molar-refractivity contribution is 0.0696. The highest BCUT2D eigenvalue weighted by Crippen LogP contribution is 2.37. The molecule has 0 radical (unpaired) electrons. The highest BCUT2D eigenvalue weighted by molar-refractivity contribution is 9.10. The molecule has 14 heavy (non-hydrogen) atoms. The lowest BCUT2D eigenvalue weighted by Crippen LogP contribution is -2.05. The second-order valence-electron chi connectivity index (χ2n) is 3.38. The van der Waals surface area contributed by atoms with Gasteiger partial charge in [0, 0.05) is 6.42 Å². The van der Waals surface area contributed by atoms with Crippen molar-refractivity contribution in [2.75, 3.05) is 0 Å². The zero-order valence-electron chi connectivity index (χ0n) is 7.58. The van der Waals surface area contributed by atoms with Gasteiger partial charge in [-0.25, -0.2) is 4.79 Å². The van der Waals surface area contributed by atoms with Gasteiger partial charge in [-0.2, -0.15) is 0 Å². The quantitative estimate of drug-likeness (QED) is 0.840. The average Bonchev–Trinajstić information content (AvgIpc) is 2.45. The van der Waals surface area contributed by atoms with Crippen LogP contribution in [0.1, 0.15) is 22.8 Å². The summed E-state index contributed by atoms with van der Waals surface area (Å²) in [5.41, 5.74) is 1.26. The number of carbonyl (C=O) groups is 1. The fraction of sp³-hybridized carbons (Fsp3) is 0.300. The van der Waals surface area contributed by atoms with E-state index < -0.39 is 5.97 Å². The van der Waals surface area contributed by atoms with Gasteiger partial charge in [-0.3, -0.25) is 0 Å². The fourth-order valence-electron chi connectivity index (χ4n) is 1.61. The van der Waals surface area contributed by atoms with Gasteiger partial charge in [0.25, 0.3) is 0 Å². The molecule has 0 spiro atoms. The molecule has 1 aromatic rings. The Labute approximate surface area is 89.8 Å². The van der Waals surface area contributed by atoms with Crippen molar-refractivity contribution in [1.82, 2.24) is 0 Å². The maximum atomic E-state index is 10.8. The molecule has 0 saturated carbocycles. The fourth-order valence-corrected chi connectivity index (χ4v) is 2.20. The van der Waals surface area contributed by atoms with E-state index in [-0.39, 0.29) is 6.10 Å². The van der Waals surface area contributed by atoms with Gasteiger partial charge in [0.2, 0.25) is 0 Å². The van der Waals surface area contributed by atoms with Gasteiger partial charge in [-0.1, -0.05) is 0 Å². The maximum Gasteiger partial charge on any atom is 0.335 e. The predicted octanol–water partition coefficient (Wildman–Crippen LogP) is 2.47. The predicted molar refractivity (Wildman–Crippen MR) is 54.9 cm³/mol. The molecular weight excluding hydrogens is 248 g/mol. The molecule has 1 N–H and O–H groups in total. The third-order valence-electron chi connectivity index (χ3n) is 2.19. The molecule has 1 aromatic carbocycles. The molecule has 0 aliphatic carbocycles. The topological polar surface area (TPSA) is 46.5 Å². The van der Waals surface area contributed by atoms with E-state index >= 15 is 0 Å². The molecule has 1 aliphatic heterocycles. The van der Waals surface area contributed by atoms with Crippen molar-refractivity contribution in [3.63, 3.8) is 0 Å². The van der Waals surface area contributed by atoms with Gasteiger partial charge >= 0.3 is 5.97 Å². The van der Waals surface area contributed by atoms with Crippen LogP contribution in [0.5, 0.6) is 5.75 Å². The van der Waals surface area contributed by atoms with Gasteiger partial charge in [0.1, 0.15) is 11.9 Å². The molecule has 0 amide bonds. The molecule has 1 atom stereocenters. The molecule has 0 fully saturated rings. The standard InChI is InChI=1S/C10H9BrO3/c1-5-2-6-3-7(10(12)13)4-8(11)9(6)14-5/h3-5H,2H2,1H3,(H,12,13)/t5-/m1/s1. The molecule has 3 nitrogen and oxygen atoms in total. The van der Waals surface area contributed by atoms with Crippen molar-refractivity contribution in [3.05, 3.63) is 27.7 Å². The van der Waals surface area contributed by atoms with E-state index in [4.69, 9.17) is 9.84 Å². The Morgan fingerprint density at radius 1 is 1.64 bits per heavy atom. The first kappa shape index (κ1) is 9.52.